The van der Waals surface area contributed by atoms with Crippen molar-refractivity contribution in [2.24, 2.45) is 0 Å². The van der Waals surface area contributed by atoms with Gasteiger partial charge < -0.3 is 10.4 Å². The predicted octanol–water partition coefficient (Wildman–Crippen LogP) is -0.556. The van der Waals surface area contributed by atoms with E-state index in [2.05, 4.69) is 20.0 Å². The van der Waals surface area contributed by atoms with E-state index in [0.29, 0.717) is 5.69 Å². The van der Waals surface area contributed by atoms with E-state index in [1.54, 1.807) is 6.92 Å². The van der Waals surface area contributed by atoms with E-state index in [4.69, 9.17) is 5.11 Å². The molecular weight excluding hydrogens is 260 g/mol. The summed E-state index contributed by atoms with van der Waals surface area (Å²) in [6, 6.07) is 1.33. The topological polar surface area (TPSA) is 121 Å². The van der Waals surface area contributed by atoms with Crippen LogP contribution in [0, 0.1) is 6.92 Å². The number of aromatic carboxylic acids is 1. The van der Waals surface area contributed by atoms with Crippen LogP contribution in [0.2, 0.25) is 0 Å². The normalized spacial score (nSPS) is 11.2. The van der Waals surface area contributed by atoms with Crippen molar-refractivity contribution in [3.05, 3.63) is 17.5 Å². The Bertz CT molecular complexity index is 543. The summed E-state index contributed by atoms with van der Waals surface area (Å²) in [5.74, 6) is -1.21. The third kappa shape index (κ3) is 4.26. The number of hydrogen-bond acceptors (Lipinski definition) is 6. The molecule has 0 aliphatic carbocycles. The van der Waals surface area contributed by atoms with Gasteiger partial charge in [0.25, 0.3) is 0 Å². The quantitative estimate of drug-likeness (QED) is 0.636. The molecule has 0 aromatic carbocycles. The molecular formula is C9H14N4O4S. The van der Waals surface area contributed by atoms with E-state index in [0.717, 1.165) is 0 Å². The second kappa shape index (κ2) is 5.74. The first kappa shape index (κ1) is 14.3. The standard InChI is InChI=1S/C9H14N4O4S/c1-6-5-7(8(14)15)13-9(12-6)11-3-4-18(16,17)10-2/h5,10H,3-4H2,1-2H3,(H,14,15)(H,11,12,13). The zero-order valence-corrected chi connectivity index (χ0v) is 10.8. The molecule has 9 heteroatoms. The van der Waals surface area contributed by atoms with E-state index < -0.39 is 16.0 Å². The Morgan fingerprint density at radius 2 is 2.11 bits per heavy atom. The van der Waals surface area contributed by atoms with E-state index in [1.165, 1.54) is 13.1 Å². The number of sulfonamides is 1. The van der Waals surface area contributed by atoms with Crippen molar-refractivity contribution in [2.75, 3.05) is 24.7 Å². The summed E-state index contributed by atoms with van der Waals surface area (Å²) in [6.45, 7) is 1.72. The maximum Gasteiger partial charge on any atom is 0.354 e. The Morgan fingerprint density at radius 3 is 2.67 bits per heavy atom. The van der Waals surface area contributed by atoms with Gasteiger partial charge in [-0.15, -0.1) is 0 Å². The van der Waals surface area contributed by atoms with Crippen LogP contribution in [0.4, 0.5) is 5.95 Å². The summed E-state index contributed by atoms with van der Waals surface area (Å²) in [7, 11) is -1.99. The summed E-state index contributed by atoms with van der Waals surface area (Å²) in [4.78, 5) is 18.5. The smallest absolute Gasteiger partial charge is 0.354 e. The molecule has 3 N–H and O–H groups in total. The minimum absolute atomic E-state index is 0.0890. The van der Waals surface area contributed by atoms with Gasteiger partial charge in [-0.3, -0.25) is 0 Å². The highest BCUT2D eigenvalue weighted by atomic mass is 32.2. The average Bonchev–Trinajstić information content (AvgIpc) is 2.28. The monoisotopic (exact) mass is 274 g/mol. The van der Waals surface area contributed by atoms with Crippen molar-refractivity contribution in [3.63, 3.8) is 0 Å². The molecule has 0 unspecified atom stereocenters. The van der Waals surface area contributed by atoms with E-state index in [9.17, 15) is 13.2 Å². The summed E-state index contributed by atoms with van der Waals surface area (Å²) in [6.07, 6.45) is 0. The van der Waals surface area contributed by atoms with Crippen LogP contribution in [0.3, 0.4) is 0 Å². The lowest BCUT2D eigenvalue weighted by molar-refractivity contribution is 0.0690. The highest BCUT2D eigenvalue weighted by Crippen LogP contribution is 2.04. The SMILES string of the molecule is CNS(=O)(=O)CCNc1nc(C)cc(C(=O)O)n1. The van der Waals surface area contributed by atoms with Crippen molar-refractivity contribution in [3.8, 4) is 0 Å². The molecule has 0 radical (unpaired) electrons. The summed E-state index contributed by atoms with van der Waals surface area (Å²) in [5, 5.41) is 11.5. The molecule has 0 fully saturated rings. The van der Waals surface area contributed by atoms with Crippen molar-refractivity contribution >= 4 is 21.9 Å². The number of nitrogens with zero attached hydrogens (tertiary/aromatic N) is 2. The van der Waals surface area contributed by atoms with E-state index in [-0.39, 0.29) is 23.9 Å². The third-order valence-electron chi connectivity index (χ3n) is 2.04. The van der Waals surface area contributed by atoms with Gasteiger partial charge in [0.2, 0.25) is 16.0 Å². The van der Waals surface area contributed by atoms with Gasteiger partial charge in [-0.2, -0.15) is 0 Å². The first-order valence-electron chi connectivity index (χ1n) is 5.08. The van der Waals surface area contributed by atoms with Crippen molar-refractivity contribution < 1.29 is 18.3 Å². The number of nitrogens with one attached hydrogen (secondary N) is 2. The van der Waals surface area contributed by atoms with Gasteiger partial charge in [-0.25, -0.2) is 27.9 Å². The lowest BCUT2D eigenvalue weighted by atomic mass is 10.3. The average molecular weight is 274 g/mol. The molecule has 1 aromatic heterocycles. The summed E-state index contributed by atoms with van der Waals surface area (Å²) in [5.41, 5.74) is 0.350. The molecule has 1 rings (SSSR count). The minimum atomic E-state index is -3.31. The molecule has 1 aromatic rings. The molecule has 0 aliphatic rings. The highest BCUT2D eigenvalue weighted by molar-refractivity contribution is 7.89. The van der Waals surface area contributed by atoms with E-state index >= 15 is 0 Å². The number of aromatic nitrogens is 2. The summed E-state index contributed by atoms with van der Waals surface area (Å²) < 4.78 is 24.5. The molecule has 8 nitrogen and oxygen atoms in total. The highest BCUT2D eigenvalue weighted by Gasteiger charge is 2.10. The second-order valence-electron chi connectivity index (χ2n) is 3.47. The molecule has 100 valence electrons. The molecule has 0 aliphatic heterocycles. The second-order valence-corrected chi connectivity index (χ2v) is 5.52. The van der Waals surface area contributed by atoms with Crippen molar-refractivity contribution in [1.29, 1.82) is 0 Å². The number of carboxylic acids is 1. The minimum Gasteiger partial charge on any atom is -0.477 e. The molecule has 1 heterocycles. The Morgan fingerprint density at radius 1 is 1.44 bits per heavy atom. The predicted molar refractivity (Wildman–Crippen MR) is 65.1 cm³/mol. The van der Waals surface area contributed by atoms with Gasteiger partial charge in [-0.1, -0.05) is 0 Å². The largest absolute Gasteiger partial charge is 0.477 e. The fraction of sp³-hybridized carbons (Fsp3) is 0.444. The van der Waals surface area contributed by atoms with Crippen LogP contribution in [0.1, 0.15) is 16.2 Å². The maximum atomic E-state index is 11.1. The van der Waals surface area contributed by atoms with Crippen LogP contribution in [-0.4, -0.2) is 48.8 Å². The number of hydrogen-bond donors (Lipinski definition) is 3. The van der Waals surface area contributed by atoms with Crippen LogP contribution >= 0.6 is 0 Å². The number of anilines is 1. The lowest BCUT2D eigenvalue weighted by Crippen LogP contribution is -2.26. The Hall–Kier alpha value is -1.74. The number of carbonyl (C=O) groups is 1. The first-order chi connectivity index (χ1) is 8.34. The van der Waals surface area contributed by atoms with Crippen LogP contribution in [-0.2, 0) is 10.0 Å². The molecule has 0 atom stereocenters. The number of carboxylic acid groups (broad SMARTS) is 1. The van der Waals surface area contributed by atoms with Crippen LogP contribution in [0.15, 0.2) is 6.07 Å². The molecule has 0 saturated carbocycles. The van der Waals surface area contributed by atoms with Crippen molar-refractivity contribution in [2.45, 2.75) is 6.92 Å². The molecule has 18 heavy (non-hydrogen) atoms. The maximum absolute atomic E-state index is 11.1. The summed E-state index contributed by atoms with van der Waals surface area (Å²) >= 11 is 0. The fourth-order valence-electron chi connectivity index (χ4n) is 1.16. The van der Waals surface area contributed by atoms with Crippen molar-refractivity contribution in [1.82, 2.24) is 14.7 Å². The van der Waals surface area contributed by atoms with Gasteiger partial charge in [0.05, 0.1) is 5.75 Å². The van der Waals surface area contributed by atoms with Gasteiger partial charge in [-0.05, 0) is 20.0 Å². The van der Waals surface area contributed by atoms with Gasteiger partial charge in [0, 0.05) is 12.2 Å². The molecule has 0 amide bonds. The zero-order valence-electron chi connectivity index (χ0n) is 9.97. The van der Waals surface area contributed by atoms with Gasteiger partial charge >= 0.3 is 5.97 Å². The van der Waals surface area contributed by atoms with Gasteiger partial charge in [0.1, 0.15) is 0 Å². The zero-order chi connectivity index (χ0) is 13.8. The molecule has 0 spiro atoms. The number of rotatable bonds is 6. The first-order valence-corrected chi connectivity index (χ1v) is 6.73. The molecule has 0 bridgehead atoms. The Kier molecular flexibility index (Phi) is 4.56. The Balaban J connectivity index is 2.71. The Labute approximate surface area is 105 Å². The van der Waals surface area contributed by atoms with Crippen LogP contribution < -0.4 is 10.0 Å². The fourth-order valence-corrected chi connectivity index (χ4v) is 1.73. The van der Waals surface area contributed by atoms with Crippen LogP contribution in [0.25, 0.3) is 0 Å². The third-order valence-corrected chi connectivity index (χ3v) is 3.40. The van der Waals surface area contributed by atoms with Gasteiger partial charge in [0.15, 0.2) is 5.69 Å². The lowest BCUT2D eigenvalue weighted by Gasteiger charge is -2.06. The van der Waals surface area contributed by atoms with Crippen LogP contribution in [0.5, 0.6) is 0 Å². The molecule has 0 saturated heterocycles. The number of aryl methyl sites for hydroxylation is 1. The van der Waals surface area contributed by atoms with E-state index in [1.807, 2.05) is 0 Å².